The molecule has 2 aliphatic heterocycles. The van der Waals surface area contributed by atoms with Gasteiger partial charge in [0, 0.05) is 42.5 Å². The van der Waals surface area contributed by atoms with Crippen molar-refractivity contribution in [3.05, 3.63) is 60.2 Å². The predicted molar refractivity (Wildman–Crippen MR) is 120 cm³/mol. The van der Waals surface area contributed by atoms with Crippen molar-refractivity contribution in [2.24, 2.45) is 0 Å². The van der Waals surface area contributed by atoms with Crippen LogP contribution in [0.2, 0.25) is 0 Å². The topological polar surface area (TPSA) is 62.8 Å². The number of amides is 1. The highest BCUT2D eigenvalue weighted by Gasteiger charge is 2.27. The average molecular weight is 408 g/mol. The van der Waals surface area contributed by atoms with Gasteiger partial charge in [-0.25, -0.2) is 0 Å². The van der Waals surface area contributed by atoms with Crippen LogP contribution in [0.3, 0.4) is 0 Å². The van der Waals surface area contributed by atoms with Gasteiger partial charge >= 0.3 is 0 Å². The van der Waals surface area contributed by atoms with E-state index in [4.69, 9.17) is 9.47 Å². The van der Waals surface area contributed by atoms with Gasteiger partial charge in [-0.05, 0) is 62.9 Å². The standard InChI is InChI=1S/C24H29N3O3/c1-3-29-21-6-4-5-17(15-21)22-11-12-23(30-22)24(28)26-18-7-9-20(10-8-18)27-14-13-19(16-27)25-2/h4-11,15,19,23,25H,3,12-14,16H2,1-2H3,(H,26,28). The maximum atomic E-state index is 12.7. The van der Waals surface area contributed by atoms with E-state index < -0.39 is 6.10 Å². The summed E-state index contributed by atoms with van der Waals surface area (Å²) in [6.45, 7) is 4.62. The average Bonchev–Trinajstić information content (AvgIpc) is 3.45. The van der Waals surface area contributed by atoms with Gasteiger partial charge in [0.25, 0.3) is 5.91 Å². The van der Waals surface area contributed by atoms with Crippen molar-refractivity contribution in [2.75, 3.05) is 37.0 Å². The third kappa shape index (κ3) is 4.60. The van der Waals surface area contributed by atoms with Crippen LogP contribution >= 0.6 is 0 Å². The van der Waals surface area contributed by atoms with Crippen molar-refractivity contribution in [3.8, 4) is 5.75 Å². The summed E-state index contributed by atoms with van der Waals surface area (Å²) in [5, 5.41) is 6.30. The first-order valence-corrected chi connectivity index (χ1v) is 10.6. The second-order valence-electron chi connectivity index (χ2n) is 7.63. The molecule has 1 fully saturated rings. The zero-order chi connectivity index (χ0) is 20.9. The minimum absolute atomic E-state index is 0.133. The number of carbonyl (C=O) groups is 1. The first-order chi connectivity index (χ1) is 14.7. The lowest BCUT2D eigenvalue weighted by Crippen LogP contribution is -2.29. The first kappa shape index (κ1) is 20.3. The lowest BCUT2D eigenvalue weighted by atomic mass is 10.1. The third-order valence-corrected chi connectivity index (χ3v) is 5.61. The monoisotopic (exact) mass is 407 g/mol. The lowest BCUT2D eigenvalue weighted by molar-refractivity contribution is -0.123. The summed E-state index contributed by atoms with van der Waals surface area (Å²) in [5.74, 6) is 1.39. The molecule has 2 aliphatic rings. The molecular formula is C24H29N3O3. The molecule has 0 aliphatic carbocycles. The van der Waals surface area contributed by atoms with Gasteiger partial charge in [-0.2, -0.15) is 0 Å². The van der Waals surface area contributed by atoms with Gasteiger partial charge in [0.2, 0.25) is 0 Å². The van der Waals surface area contributed by atoms with Crippen molar-refractivity contribution in [1.82, 2.24) is 5.32 Å². The van der Waals surface area contributed by atoms with E-state index in [1.165, 1.54) is 5.69 Å². The molecule has 6 heteroatoms. The van der Waals surface area contributed by atoms with E-state index >= 15 is 0 Å². The van der Waals surface area contributed by atoms with Crippen LogP contribution in [0.5, 0.6) is 5.75 Å². The summed E-state index contributed by atoms with van der Waals surface area (Å²) in [7, 11) is 2.01. The SMILES string of the molecule is CCOc1cccc(C2=CCC(C(=O)Nc3ccc(N4CCC(NC)C4)cc3)O2)c1. The smallest absolute Gasteiger partial charge is 0.265 e. The number of likely N-dealkylation sites (N-methyl/N-ethyl adjacent to an activating group) is 1. The van der Waals surface area contributed by atoms with E-state index in [0.717, 1.165) is 42.3 Å². The number of rotatable bonds is 7. The van der Waals surface area contributed by atoms with Gasteiger partial charge < -0.3 is 25.0 Å². The molecule has 1 saturated heterocycles. The van der Waals surface area contributed by atoms with Gasteiger partial charge in [-0.3, -0.25) is 4.79 Å². The number of nitrogens with zero attached hydrogens (tertiary/aromatic N) is 1. The number of anilines is 2. The van der Waals surface area contributed by atoms with E-state index in [1.807, 2.05) is 56.4 Å². The summed E-state index contributed by atoms with van der Waals surface area (Å²) >= 11 is 0. The van der Waals surface area contributed by atoms with E-state index in [0.29, 0.717) is 19.1 Å². The van der Waals surface area contributed by atoms with Crippen molar-refractivity contribution >= 4 is 23.0 Å². The molecule has 4 rings (SSSR count). The zero-order valence-electron chi connectivity index (χ0n) is 17.6. The Labute approximate surface area is 177 Å². The molecule has 0 bridgehead atoms. The van der Waals surface area contributed by atoms with Crippen LogP contribution in [0, 0.1) is 0 Å². The molecule has 0 aromatic heterocycles. The molecule has 0 saturated carbocycles. The molecule has 6 nitrogen and oxygen atoms in total. The fraction of sp³-hybridized carbons (Fsp3) is 0.375. The zero-order valence-corrected chi connectivity index (χ0v) is 17.6. The highest BCUT2D eigenvalue weighted by Crippen LogP contribution is 2.29. The first-order valence-electron chi connectivity index (χ1n) is 10.6. The summed E-state index contributed by atoms with van der Waals surface area (Å²) < 4.78 is 11.5. The Balaban J connectivity index is 1.32. The molecule has 2 atom stereocenters. The van der Waals surface area contributed by atoms with Crippen molar-refractivity contribution in [2.45, 2.75) is 31.9 Å². The fourth-order valence-electron chi connectivity index (χ4n) is 3.92. The fourth-order valence-corrected chi connectivity index (χ4v) is 3.92. The second-order valence-corrected chi connectivity index (χ2v) is 7.63. The van der Waals surface area contributed by atoms with Gasteiger partial charge in [-0.1, -0.05) is 12.1 Å². The summed E-state index contributed by atoms with van der Waals surface area (Å²) in [5.41, 5.74) is 2.88. The predicted octanol–water partition coefficient (Wildman–Crippen LogP) is 3.65. The highest BCUT2D eigenvalue weighted by atomic mass is 16.5. The van der Waals surface area contributed by atoms with E-state index in [1.54, 1.807) is 0 Å². The molecule has 158 valence electrons. The number of hydrogen-bond donors (Lipinski definition) is 2. The Bertz CT molecular complexity index is 910. The van der Waals surface area contributed by atoms with Gasteiger partial charge in [0.15, 0.2) is 6.10 Å². The van der Waals surface area contributed by atoms with Crippen LogP contribution in [0.15, 0.2) is 54.6 Å². The lowest BCUT2D eigenvalue weighted by Gasteiger charge is -2.19. The molecule has 2 aromatic carbocycles. The van der Waals surface area contributed by atoms with Crippen LogP contribution in [0.1, 0.15) is 25.3 Å². The number of nitrogens with one attached hydrogen (secondary N) is 2. The number of benzene rings is 2. The van der Waals surface area contributed by atoms with E-state index in [2.05, 4.69) is 27.7 Å². The van der Waals surface area contributed by atoms with Crippen LogP contribution in [-0.2, 0) is 9.53 Å². The molecule has 1 amide bonds. The molecule has 0 radical (unpaired) electrons. The highest BCUT2D eigenvalue weighted by molar-refractivity contribution is 5.95. The van der Waals surface area contributed by atoms with Gasteiger partial charge in [-0.15, -0.1) is 0 Å². The maximum absolute atomic E-state index is 12.7. The van der Waals surface area contributed by atoms with Crippen LogP contribution in [0.25, 0.3) is 5.76 Å². The molecule has 2 unspecified atom stereocenters. The normalized spacial score (nSPS) is 20.6. The maximum Gasteiger partial charge on any atom is 0.265 e. The van der Waals surface area contributed by atoms with E-state index in [9.17, 15) is 4.79 Å². The van der Waals surface area contributed by atoms with Crippen molar-refractivity contribution in [1.29, 1.82) is 0 Å². The number of hydrogen-bond acceptors (Lipinski definition) is 5. The molecule has 2 aromatic rings. The Morgan fingerprint density at radius 2 is 2.07 bits per heavy atom. The summed E-state index contributed by atoms with van der Waals surface area (Å²) in [4.78, 5) is 15.0. The molecular weight excluding hydrogens is 378 g/mol. The van der Waals surface area contributed by atoms with Crippen molar-refractivity contribution < 1.29 is 14.3 Å². The Hall–Kier alpha value is -2.99. The summed E-state index contributed by atoms with van der Waals surface area (Å²) in [6.07, 6.45) is 3.14. The molecule has 2 heterocycles. The van der Waals surface area contributed by atoms with Crippen molar-refractivity contribution in [3.63, 3.8) is 0 Å². The second kappa shape index (κ2) is 9.22. The van der Waals surface area contributed by atoms with Crippen LogP contribution < -0.4 is 20.3 Å². The molecule has 30 heavy (non-hydrogen) atoms. The molecule has 0 spiro atoms. The summed E-state index contributed by atoms with van der Waals surface area (Å²) in [6, 6.07) is 16.3. The van der Waals surface area contributed by atoms with Gasteiger partial charge in [0.05, 0.1) is 6.61 Å². The Morgan fingerprint density at radius 1 is 1.23 bits per heavy atom. The molecule has 2 N–H and O–H groups in total. The Kier molecular flexibility index (Phi) is 6.23. The van der Waals surface area contributed by atoms with Crippen LogP contribution in [-0.4, -0.2) is 44.8 Å². The third-order valence-electron chi connectivity index (χ3n) is 5.61. The minimum atomic E-state index is -0.523. The number of ether oxygens (including phenoxy) is 2. The quantitative estimate of drug-likeness (QED) is 0.734. The van der Waals surface area contributed by atoms with Crippen LogP contribution in [0.4, 0.5) is 11.4 Å². The van der Waals surface area contributed by atoms with E-state index in [-0.39, 0.29) is 5.91 Å². The largest absolute Gasteiger partial charge is 0.494 e. The number of carbonyl (C=O) groups excluding carboxylic acids is 1. The minimum Gasteiger partial charge on any atom is -0.494 e. The van der Waals surface area contributed by atoms with Gasteiger partial charge in [0.1, 0.15) is 11.5 Å². The Morgan fingerprint density at radius 3 is 2.80 bits per heavy atom.